The molecule has 12 heavy (non-hydrogen) atoms. The number of ketones is 1. The topological polar surface area (TPSA) is 34.9 Å². The average molecular weight is 249 g/mol. The van der Waals surface area contributed by atoms with Crippen molar-refractivity contribution in [3.8, 4) is 0 Å². The summed E-state index contributed by atoms with van der Waals surface area (Å²) in [5.41, 5.74) is 0.643. The van der Waals surface area contributed by atoms with Crippen molar-refractivity contribution in [1.29, 1.82) is 0 Å². The fourth-order valence-electron chi connectivity index (χ4n) is 0.924. The number of Topliss-reactive ketones (excluding diaryl/α,β-unsaturated/α-hetero) is 1. The highest BCUT2D eigenvalue weighted by Crippen LogP contribution is 2.16. The number of halogens is 1. The van der Waals surface area contributed by atoms with E-state index in [1.165, 1.54) is 11.8 Å². The van der Waals surface area contributed by atoms with Crippen LogP contribution >= 0.6 is 27.7 Å². The zero-order chi connectivity index (χ0) is 9.14. The number of thioether (sulfide) groups is 1. The van der Waals surface area contributed by atoms with Crippen molar-refractivity contribution in [1.82, 2.24) is 9.78 Å². The van der Waals surface area contributed by atoms with Crippen LogP contribution in [0, 0.1) is 0 Å². The maximum atomic E-state index is 11.4. The van der Waals surface area contributed by atoms with Gasteiger partial charge < -0.3 is 0 Å². The molecule has 0 atom stereocenters. The molecule has 5 heteroatoms. The lowest BCUT2D eigenvalue weighted by molar-refractivity contribution is 0.101. The monoisotopic (exact) mass is 248 g/mol. The molecule has 0 fully saturated rings. The summed E-state index contributed by atoms with van der Waals surface area (Å²) < 4.78 is 2.35. The summed E-state index contributed by atoms with van der Waals surface area (Å²) in [6.45, 7) is 0. The molecule has 0 radical (unpaired) electrons. The van der Waals surface area contributed by atoms with E-state index in [2.05, 4.69) is 21.0 Å². The fourth-order valence-corrected chi connectivity index (χ4v) is 1.89. The summed E-state index contributed by atoms with van der Waals surface area (Å²) in [6, 6.07) is 0. The third-order valence-electron chi connectivity index (χ3n) is 1.43. The van der Waals surface area contributed by atoms with Gasteiger partial charge in [0.05, 0.1) is 16.4 Å². The van der Waals surface area contributed by atoms with Crippen LogP contribution in [0.4, 0.5) is 0 Å². The molecule has 3 nitrogen and oxygen atoms in total. The van der Waals surface area contributed by atoms with Gasteiger partial charge in [0.25, 0.3) is 0 Å². The van der Waals surface area contributed by atoms with Crippen LogP contribution in [-0.4, -0.2) is 27.6 Å². The molecule has 0 aliphatic carbocycles. The van der Waals surface area contributed by atoms with Gasteiger partial charge in [-0.25, -0.2) is 0 Å². The SMILES string of the molecule is CSCC(=O)c1c(Br)cnn1C. The van der Waals surface area contributed by atoms with Crippen molar-refractivity contribution in [3.63, 3.8) is 0 Å². The van der Waals surface area contributed by atoms with Crippen molar-refractivity contribution in [2.75, 3.05) is 12.0 Å². The summed E-state index contributed by atoms with van der Waals surface area (Å²) in [4.78, 5) is 11.4. The normalized spacial score (nSPS) is 10.2. The van der Waals surface area contributed by atoms with Gasteiger partial charge in [0.1, 0.15) is 5.69 Å². The number of carbonyl (C=O) groups excluding carboxylic acids is 1. The second kappa shape index (κ2) is 4.09. The maximum absolute atomic E-state index is 11.4. The van der Waals surface area contributed by atoms with Gasteiger partial charge in [-0.05, 0) is 22.2 Å². The molecule has 0 unspecified atom stereocenters. The molecule has 1 heterocycles. The Hall–Kier alpha value is -0.290. The minimum Gasteiger partial charge on any atom is -0.291 e. The van der Waals surface area contributed by atoms with Crippen molar-refractivity contribution in [2.24, 2.45) is 7.05 Å². The van der Waals surface area contributed by atoms with E-state index in [1.54, 1.807) is 17.9 Å². The molecule has 0 bridgehead atoms. The van der Waals surface area contributed by atoms with E-state index in [4.69, 9.17) is 0 Å². The first-order chi connectivity index (χ1) is 5.66. The van der Waals surface area contributed by atoms with E-state index in [1.807, 2.05) is 6.26 Å². The standard InChI is InChI=1S/C7H9BrN2OS/c1-10-7(5(8)3-9-10)6(11)4-12-2/h3H,4H2,1-2H3. The largest absolute Gasteiger partial charge is 0.291 e. The lowest BCUT2D eigenvalue weighted by Gasteiger charge is -1.99. The van der Waals surface area contributed by atoms with Crippen molar-refractivity contribution in [2.45, 2.75) is 0 Å². The molecule has 1 rings (SSSR count). The second-order valence-corrected chi connectivity index (χ2v) is 4.04. The van der Waals surface area contributed by atoms with Crippen LogP contribution in [0.5, 0.6) is 0 Å². The fraction of sp³-hybridized carbons (Fsp3) is 0.429. The number of carbonyl (C=O) groups is 1. The van der Waals surface area contributed by atoms with Crippen LogP contribution in [0.3, 0.4) is 0 Å². The lowest BCUT2D eigenvalue weighted by Crippen LogP contribution is -2.09. The molecular weight excluding hydrogens is 240 g/mol. The number of nitrogens with zero attached hydrogens (tertiary/aromatic N) is 2. The van der Waals surface area contributed by atoms with Crippen molar-refractivity contribution >= 4 is 33.5 Å². The predicted molar refractivity (Wildman–Crippen MR) is 53.6 cm³/mol. The Labute approximate surface area is 83.7 Å². The van der Waals surface area contributed by atoms with E-state index in [0.717, 1.165) is 4.47 Å². The summed E-state index contributed by atoms with van der Waals surface area (Å²) in [5.74, 6) is 0.604. The molecule has 0 saturated carbocycles. The molecule has 0 aliphatic heterocycles. The molecule has 0 amide bonds. The van der Waals surface area contributed by atoms with Crippen LogP contribution in [0.1, 0.15) is 10.5 Å². The summed E-state index contributed by atoms with van der Waals surface area (Å²) >= 11 is 4.79. The molecule has 0 N–H and O–H groups in total. The third kappa shape index (κ3) is 1.90. The lowest BCUT2D eigenvalue weighted by atomic mass is 10.3. The minimum atomic E-state index is 0.106. The number of hydrogen-bond acceptors (Lipinski definition) is 3. The number of aryl methyl sites for hydroxylation is 1. The first-order valence-corrected chi connectivity index (χ1v) is 5.55. The maximum Gasteiger partial charge on any atom is 0.191 e. The van der Waals surface area contributed by atoms with Crippen LogP contribution in [-0.2, 0) is 7.05 Å². The van der Waals surface area contributed by atoms with Gasteiger partial charge in [-0.1, -0.05) is 0 Å². The number of aromatic nitrogens is 2. The van der Waals surface area contributed by atoms with E-state index >= 15 is 0 Å². The van der Waals surface area contributed by atoms with Crippen molar-refractivity contribution in [3.05, 3.63) is 16.4 Å². The molecule has 0 saturated heterocycles. The van der Waals surface area contributed by atoms with Gasteiger partial charge in [-0.15, -0.1) is 0 Å². The smallest absolute Gasteiger partial charge is 0.191 e. The zero-order valence-corrected chi connectivity index (χ0v) is 9.28. The Morgan fingerprint density at radius 3 is 2.92 bits per heavy atom. The van der Waals surface area contributed by atoms with Gasteiger partial charge >= 0.3 is 0 Å². The van der Waals surface area contributed by atoms with Gasteiger partial charge in [0.15, 0.2) is 5.78 Å². The Bertz CT molecular complexity index is 278. The van der Waals surface area contributed by atoms with Gasteiger partial charge in [-0.3, -0.25) is 9.48 Å². The summed E-state index contributed by atoms with van der Waals surface area (Å²) in [6.07, 6.45) is 3.54. The zero-order valence-electron chi connectivity index (χ0n) is 6.87. The van der Waals surface area contributed by atoms with E-state index in [-0.39, 0.29) is 5.78 Å². The van der Waals surface area contributed by atoms with Crippen LogP contribution < -0.4 is 0 Å². The average Bonchev–Trinajstić information content (AvgIpc) is 2.32. The van der Waals surface area contributed by atoms with E-state index in [0.29, 0.717) is 11.4 Å². The van der Waals surface area contributed by atoms with Gasteiger partial charge in [0.2, 0.25) is 0 Å². The molecule has 1 aromatic heterocycles. The molecular formula is C7H9BrN2OS. The van der Waals surface area contributed by atoms with Gasteiger partial charge in [-0.2, -0.15) is 16.9 Å². The highest BCUT2D eigenvalue weighted by molar-refractivity contribution is 9.10. The highest BCUT2D eigenvalue weighted by atomic mass is 79.9. The van der Waals surface area contributed by atoms with Gasteiger partial charge in [0, 0.05) is 7.05 Å². The molecule has 66 valence electrons. The molecule has 0 spiro atoms. The number of rotatable bonds is 3. The Morgan fingerprint density at radius 2 is 2.50 bits per heavy atom. The quantitative estimate of drug-likeness (QED) is 0.765. The number of hydrogen-bond donors (Lipinski definition) is 0. The molecule has 1 aromatic rings. The molecule has 0 aliphatic rings. The predicted octanol–water partition coefficient (Wildman–Crippen LogP) is 1.73. The molecule has 0 aromatic carbocycles. The Balaban J connectivity index is 2.93. The van der Waals surface area contributed by atoms with Crippen LogP contribution in [0.15, 0.2) is 10.7 Å². The Kier molecular flexibility index (Phi) is 3.34. The van der Waals surface area contributed by atoms with Crippen LogP contribution in [0.25, 0.3) is 0 Å². The highest BCUT2D eigenvalue weighted by Gasteiger charge is 2.13. The first kappa shape index (κ1) is 9.80. The Morgan fingerprint density at radius 1 is 1.83 bits per heavy atom. The van der Waals surface area contributed by atoms with E-state index in [9.17, 15) is 4.79 Å². The summed E-state index contributed by atoms with van der Waals surface area (Å²) in [5, 5.41) is 3.96. The second-order valence-electron chi connectivity index (χ2n) is 2.32. The van der Waals surface area contributed by atoms with Crippen LogP contribution in [0.2, 0.25) is 0 Å². The third-order valence-corrected chi connectivity index (χ3v) is 2.56. The first-order valence-electron chi connectivity index (χ1n) is 3.36. The van der Waals surface area contributed by atoms with Crippen molar-refractivity contribution < 1.29 is 4.79 Å². The van der Waals surface area contributed by atoms with E-state index < -0.39 is 0 Å². The minimum absolute atomic E-state index is 0.106. The summed E-state index contributed by atoms with van der Waals surface area (Å²) in [7, 11) is 1.76.